The summed E-state index contributed by atoms with van der Waals surface area (Å²) < 4.78 is 33.3. The molecule has 0 spiro atoms. The van der Waals surface area contributed by atoms with E-state index in [1.54, 1.807) is 37.4 Å². The Balaban J connectivity index is 1.49. The zero-order valence-electron chi connectivity index (χ0n) is 17.6. The van der Waals surface area contributed by atoms with E-state index in [1.807, 2.05) is 0 Å². The van der Waals surface area contributed by atoms with Crippen LogP contribution in [0.2, 0.25) is 0 Å². The van der Waals surface area contributed by atoms with Gasteiger partial charge in [0.2, 0.25) is 10.0 Å². The molecular formula is C22H24N4O5S. The summed E-state index contributed by atoms with van der Waals surface area (Å²) in [7, 11) is -2.22. The molecule has 2 heterocycles. The van der Waals surface area contributed by atoms with Crippen LogP contribution in [-0.2, 0) is 21.3 Å². The standard InChI is InChI=1S/C22H24N4O5S/c1-26(14-20-24-19-10-3-2-9-18(19)21(27)25-20)22(28)15-6-4-8-17(12-15)32(29,30)23-13-16-7-5-11-31-16/h2-4,6,8-10,12,16,23H,5,7,11,13-14H2,1H3,(H,24,25,27). The summed E-state index contributed by atoms with van der Waals surface area (Å²) in [6.45, 7) is 0.897. The predicted octanol–water partition coefficient (Wildman–Crippen LogP) is 1.65. The molecule has 4 rings (SSSR count). The second-order valence-electron chi connectivity index (χ2n) is 7.71. The van der Waals surface area contributed by atoms with E-state index >= 15 is 0 Å². The molecule has 32 heavy (non-hydrogen) atoms. The highest BCUT2D eigenvalue weighted by molar-refractivity contribution is 7.89. The van der Waals surface area contributed by atoms with Crippen LogP contribution in [-0.4, -0.2) is 55.5 Å². The first kappa shape index (κ1) is 22.1. The van der Waals surface area contributed by atoms with Crippen molar-refractivity contribution in [1.82, 2.24) is 19.6 Å². The molecule has 1 fully saturated rings. The molecule has 1 aromatic heterocycles. The number of nitrogens with zero attached hydrogens (tertiary/aromatic N) is 2. The molecule has 3 aromatic rings. The number of rotatable bonds is 7. The minimum absolute atomic E-state index is 0.00647. The van der Waals surface area contributed by atoms with Gasteiger partial charge < -0.3 is 14.6 Å². The molecule has 1 aliphatic heterocycles. The average Bonchev–Trinajstić information content (AvgIpc) is 3.31. The number of aromatic amines is 1. The van der Waals surface area contributed by atoms with Crippen LogP contribution in [0.15, 0.2) is 58.2 Å². The molecule has 168 valence electrons. The van der Waals surface area contributed by atoms with Crippen molar-refractivity contribution in [3.05, 3.63) is 70.3 Å². The Morgan fingerprint density at radius 2 is 2.06 bits per heavy atom. The molecule has 0 aliphatic carbocycles. The van der Waals surface area contributed by atoms with Gasteiger partial charge >= 0.3 is 0 Å². The fourth-order valence-electron chi connectivity index (χ4n) is 3.61. The minimum atomic E-state index is -3.78. The Hall–Kier alpha value is -3.08. The van der Waals surface area contributed by atoms with Crippen LogP contribution in [0.1, 0.15) is 29.0 Å². The maximum Gasteiger partial charge on any atom is 0.258 e. The van der Waals surface area contributed by atoms with Gasteiger partial charge in [-0.2, -0.15) is 0 Å². The maximum absolute atomic E-state index is 12.9. The summed E-state index contributed by atoms with van der Waals surface area (Å²) in [4.78, 5) is 33.6. The summed E-state index contributed by atoms with van der Waals surface area (Å²) in [6, 6.07) is 12.8. The van der Waals surface area contributed by atoms with E-state index < -0.39 is 15.9 Å². The first-order chi connectivity index (χ1) is 15.3. The highest BCUT2D eigenvalue weighted by atomic mass is 32.2. The quantitative estimate of drug-likeness (QED) is 0.558. The number of carbonyl (C=O) groups excluding carboxylic acids is 1. The van der Waals surface area contributed by atoms with Gasteiger partial charge in [-0.05, 0) is 43.2 Å². The lowest BCUT2D eigenvalue weighted by atomic mass is 10.2. The van der Waals surface area contributed by atoms with Crippen LogP contribution >= 0.6 is 0 Å². The second kappa shape index (κ2) is 9.19. The lowest BCUT2D eigenvalue weighted by Gasteiger charge is -2.17. The van der Waals surface area contributed by atoms with E-state index in [1.165, 1.54) is 23.1 Å². The van der Waals surface area contributed by atoms with Crippen LogP contribution in [0, 0.1) is 0 Å². The average molecular weight is 457 g/mol. The number of nitrogens with one attached hydrogen (secondary N) is 2. The number of H-pyrrole nitrogens is 1. The number of fused-ring (bicyclic) bond motifs is 1. The van der Waals surface area contributed by atoms with E-state index in [2.05, 4.69) is 14.7 Å². The number of ether oxygens (including phenoxy) is 1. The molecule has 9 nitrogen and oxygen atoms in total. The number of para-hydroxylation sites is 1. The molecule has 1 aliphatic rings. The van der Waals surface area contributed by atoms with Gasteiger partial charge in [-0.15, -0.1) is 0 Å². The van der Waals surface area contributed by atoms with Crippen molar-refractivity contribution < 1.29 is 17.9 Å². The van der Waals surface area contributed by atoms with Gasteiger partial charge in [-0.25, -0.2) is 18.1 Å². The van der Waals surface area contributed by atoms with E-state index in [0.717, 1.165) is 12.8 Å². The minimum Gasteiger partial charge on any atom is -0.377 e. The molecule has 1 amide bonds. The highest BCUT2D eigenvalue weighted by Crippen LogP contribution is 2.16. The molecule has 0 radical (unpaired) electrons. The Morgan fingerprint density at radius 3 is 2.84 bits per heavy atom. The van der Waals surface area contributed by atoms with Gasteiger partial charge in [0.15, 0.2) is 0 Å². The van der Waals surface area contributed by atoms with Crippen LogP contribution in [0.25, 0.3) is 10.9 Å². The molecule has 1 saturated heterocycles. The molecule has 1 unspecified atom stereocenters. The third kappa shape index (κ3) is 4.87. The van der Waals surface area contributed by atoms with Crippen LogP contribution in [0.4, 0.5) is 0 Å². The molecule has 0 bridgehead atoms. The predicted molar refractivity (Wildman–Crippen MR) is 119 cm³/mol. The smallest absolute Gasteiger partial charge is 0.258 e. The van der Waals surface area contributed by atoms with Crippen molar-refractivity contribution in [3.63, 3.8) is 0 Å². The van der Waals surface area contributed by atoms with Gasteiger partial charge in [0, 0.05) is 25.8 Å². The maximum atomic E-state index is 12.9. The van der Waals surface area contributed by atoms with Gasteiger partial charge in [-0.1, -0.05) is 18.2 Å². The highest BCUT2D eigenvalue weighted by Gasteiger charge is 2.22. The van der Waals surface area contributed by atoms with Gasteiger partial charge in [0.1, 0.15) is 5.82 Å². The first-order valence-electron chi connectivity index (χ1n) is 10.3. The molecule has 1 atom stereocenters. The molecule has 10 heteroatoms. The molecule has 2 aromatic carbocycles. The number of aromatic nitrogens is 2. The zero-order chi connectivity index (χ0) is 22.7. The normalized spacial score (nSPS) is 16.3. The number of amides is 1. The summed E-state index contributed by atoms with van der Waals surface area (Å²) in [5.74, 6) is -0.0523. The second-order valence-corrected chi connectivity index (χ2v) is 9.47. The lowest BCUT2D eigenvalue weighted by Crippen LogP contribution is -2.32. The van der Waals surface area contributed by atoms with Crippen LogP contribution in [0.5, 0.6) is 0 Å². The summed E-state index contributed by atoms with van der Waals surface area (Å²) in [6.07, 6.45) is 1.61. The van der Waals surface area contributed by atoms with Gasteiger partial charge in [0.05, 0.1) is 28.4 Å². The number of hydrogen-bond acceptors (Lipinski definition) is 6. The van der Waals surface area contributed by atoms with Crippen molar-refractivity contribution in [1.29, 1.82) is 0 Å². The number of hydrogen-bond donors (Lipinski definition) is 2. The lowest BCUT2D eigenvalue weighted by molar-refractivity contribution is 0.0781. The van der Waals surface area contributed by atoms with Gasteiger partial charge in [0.25, 0.3) is 11.5 Å². The summed E-state index contributed by atoms with van der Waals surface area (Å²) in [5, 5.41) is 0.471. The SMILES string of the molecule is CN(Cc1nc2ccccc2c(=O)[nH]1)C(=O)c1cccc(S(=O)(=O)NCC2CCCO2)c1. The number of carbonyl (C=O) groups is 1. The van der Waals surface area contributed by atoms with Crippen LogP contribution in [0.3, 0.4) is 0 Å². The van der Waals surface area contributed by atoms with Crippen molar-refractivity contribution in [3.8, 4) is 0 Å². The van der Waals surface area contributed by atoms with Crippen molar-refractivity contribution in [2.24, 2.45) is 0 Å². The third-order valence-electron chi connectivity index (χ3n) is 5.31. The van der Waals surface area contributed by atoms with Crippen molar-refractivity contribution in [2.75, 3.05) is 20.2 Å². The van der Waals surface area contributed by atoms with Crippen molar-refractivity contribution in [2.45, 2.75) is 30.4 Å². The Labute approximate surface area is 185 Å². The van der Waals surface area contributed by atoms with Crippen LogP contribution < -0.4 is 10.3 Å². The number of sulfonamides is 1. The third-order valence-corrected chi connectivity index (χ3v) is 6.73. The first-order valence-corrected chi connectivity index (χ1v) is 11.8. The topological polar surface area (TPSA) is 121 Å². The van der Waals surface area contributed by atoms with Gasteiger partial charge in [-0.3, -0.25) is 9.59 Å². The zero-order valence-corrected chi connectivity index (χ0v) is 18.4. The number of benzene rings is 2. The largest absolute Gasteiger partial charge is 0.377 e. The molecular weight excluding hydrogens is 432 g/mol. The Kier molecular flexibility index (Phi) is 6.35. The van der Waals surface area contributed by atoms with E-state index in [4.69, 9.17) is 4.74 Å². The van der Waals surface area contributed by atoms with E-state index in [0.29, 0.717) is 23.3 Å². The Bertz CT molecular complexity index is 1300. The molecule has 2 N–H and O–H groups in total. The summed E-state index contributed by atoms with van der Waals surface area (Å²) >= 11 is 0. The Morgan fingerprint density at radius 1 is 1.25 bits per heavy atom. The van der Waals surface area contributed by atoms with Crippen molar-refractivity contribution >= 4 is 26.8 Å². The van der Waals surface area contributed by atoms with E-state index in [9.17, 15) is 18.0 Å². The fourth-order valence-corrected chi connectivity index (χ4v) is 4.73. The fraction of sp³-hybridized carbons (Fsp3) is 0.318. The molecule has 0 saturated carbocycles. The monoisotopic (exact) mass is 456 g/mol. The van der Waals surface area contributed by atoms with E-state index in [-0.39, 0.29) is 35.2 Å². The summed E-state index contributed by atoms with van der Waals surface area (Å²) in [5.41, 5.74) is 0.477.